The van der Waals surface area contributed by atoms with Crippen molar-refractivity contribution in [3.05, 3.63) is 37.4 Å². The number of aryl methyl sites for hydroxylation is 1. The van der Waals surface area contributed by atoms with Gasteiger partial charge in [0.15, 0.2) is 5.82 Å². The molecule has 6 heteroatoms. The molecule has 0 aliphatic carbocycles. The molecule has 21 heavy (non-hydrogen) atoms. The first-order valence-electron chi connectivity index (χ1n) is 6.56. The number of thiophene rings is 1. The molecule has 3 rings (SSSR count). The highest BCUT2D eigenvalue weighted by molar-refractivity contribution is 9.12. The summed E-state index contributed by atoms with van der Waals surface area (Å²) in [5.74, 6) is 1.63. The van der Waals surface area contributed by atoms with Crippen LogP contribution in [0.5, 0.6) is 0 Å². The molecule has 0 atom stereocenters. The molecule has 2 heterocycles. The smallest absolute Gasteiger partial charge is 0.164 e. The molecule has 1 aromatic carbocycles. The maximum absolute atomic E-state index is 4.73. The molecule has 0 aliphatic heterocycles. The molecule has 2 aromatic heterocycles. The normalized spacial score (nSPS) is 11.0. The first-order valence-corrected chi connectivity index (χ1v) is 8.97. The van der Waals surface area contributed by atoms with Crippen LogP contribution < -0.4 is 5.32 Å². The van der Waals surface area contributed by atoms with Gasteiger partial charge < -0.3 is 5.32 Å². The summed E-state index contributed by atoms with van der Waals surface area (Å²) < 4.78 is 2.09. The van der Waals surface area contributed by atoms with E-state index in [0.717, 1.165) is 42.2 Å². The van der Waals surface area contributed by atoms with Gasteiger partial charge in [0.2, 0.25) is 0 Å². The van der Waals surface area contributed by atoms with Crippen LogP contribution in [0.3, 0.4) is 0 Å². The van der Waals surface area contributed by atoms with Crippen molar-refractivity contribution in [3.8, 4) is 11.4 Å². The number of aromatic nitrogens is 2. The predicted molar refractivity (Wildman–Crippen MR) is 97.2 cm³/mol. The van der Waals surface area contributed by atoms with E-state index in [-0.39, 0.29) is 0 Å². The molecule has 0 saturated heterocycles. The molecule has 0 spiro atoms. The Morgan fingerprint density at radius 3 is 2.71 bits per heavy atom. The van der Waals surface area contributed by atoms with Crippen LogP contribution in [0, 0.1) is 6.92 Å². The number of hydrogen-bond acceptors (Lipinski definition) is 4. The zero-order chi connectivity index (χ0) is 15.0. The number of hydrogen-bond donors (Lipinski definition) is 1. The minimum Gasteiger partial charge on any atom is -0.370 e. The van der Waals surface area contributed by atoms with Crippen molar-refractivity contribution in [2.24, 2.45) is 0 Å². The van der Waals surface area contributed by atoms with Crippen molar-refractivity contribution >= 4 is 59.9 Å². The third-order valence-electron chi connectivity index (χ3n) is 3.17. The van der Waals surface area contributed by atoms with Crippen LogP contribution >= 0.6 is 43.2 Å². The molecule has 3 aromatic rings. The Labute approximate surface area is 144 Å². The van der Waals surface area contributed by atoms with Gasteiger partial charge in [-0.15, -0.1) is 11.3 Å². The third-order valence-corrected chi connectivity index (χ3v) is 5.51. The summed E-state index contributed by atoms with van der Waals surface area (Å²) in [6.07, 6.45) is 0. The highest BCUT2D eigenvalue weighted by Gasteiger charge is 2.14. The zero-order valence-corrected chi connectivity index (χ0v) is 15.6. The van der Waals surface area contributed by atoms with Crippen molar-refractivity contribution < 1.29 is 0 Å². The fraction of sp³-hybridized carbons (Fsp3) is 0.200. The van der Waals surface area contributed by atoms with E-state index >= 15 is 0 Å². The lowest BCUT2D eigenvalue weighted by Crippen LogP contribution is -2.03. The first kappa shape index (κ1) is 14.9. The van der Waals surface area contributed by atoms with Crippen molar-refractivity contribution in [2.45, 2.75) is 13.8 Å². The molecule has 0 unspecified atom stereocenters. The number of nitrogens with one attached hydrogen (secondary N) is 1. The lowest BCUT2D eigenvalue weighted by atomic mass is 10.1. The van der Waals surface area contributed by atoms with E-state index in [1.165, 1.54) is 5.56 Å². The molecule has 108 valence electrons. The van der Waals surface area contributed by atoms with Crippen molar-refractivity contribution in [1.82, 2.24) is 9.97 Å². The Bertz CT molecular complexity index is 814. The van der Waals surface area contributed by atoms with Gasteiger partial charge in [-0.2, -0.15) is 0 Å². The number of nitrogens with zero attached hydrogens (tertiary/aromatic N) is 2. The van der Waals surface area contributed by atoms with Crippen LogP contribution in [0.4, 0.5) is 5.82 Å². The predicted octanol–water partition coefficient (Wildman–Crippen LogP) is 5.62. The second-order valence-corrected chi connectivity index (χ2v) is 8.38. The number of halogens is 2. The van der Waals surface area contributed by atoms with E-state index in [1.54, 1.807) is 11.3 Å². The van der Waals surface area contributed by atoms with Crippen molar-refractivity contribution in [1.29, 1.82) is 0 Å². The van der Waals surface area contributed by atoms with Crippen LogP contribution in [0.2, 0.25) is 0 Å². The maximum atomic E-state index is 4.73. The molecular formula is C15H13Br2N3S. The van der Waals surface area contributed by atoms with Gasteiger partial charge in [-0.3, -0.25) is 0 Å². The van der Waals surface area contributed by atoms with Gasteiger partial charge in [0.25, 0.3) is 0 Å². The fourth-order valence-electron chi connectivity index (χ4n) is 2.26. The van der Waals surface area contributed by atoms with E-state index in [9.17, 15) is 0 Å². The second kappa shape index (κ2) is 6.02. The van der Waals surface area contributed by atoms with Gasteiger partial charge >= 0.3 is 0 Å². The van der Waals surface area contributed by atoms with Crippen LogP contribution in [0.1, 0.15) is 12.5 Å². The second-order valence-electron chi connectivity index (χ2n) is 4.63. The quantitative estimate of drug-likeness (QED) is 0.590. The van der Waals surface area contributed by atoms with Gasteiger partial charge in [0.1, 0.15) is 5.82 Å². The summed E-state index contributed by atoms with van der Waals surface area (Å²) >= 11 is 8.72. The van der Waals surface area contributed by atoms with E-state index in [0.29, 0.717) is 0 Å². The van der Waals surface area contributed by atoms with E-state index in [1.807, 2.05) is 18.2 Å². The lowest BCUT2D eigenvalue weighted by molar-refractivity contribution is 1.14. The SMILES string of the molecule is CCNc1nc(-c2cc(Br)sc2Br)nc2cccc(C)c12. The topological polar surface area (TPSA) is 37.8 Å². The fourth-order valence-corrected chi connectivity index (χ4v) is 5.05. The van der Waals surface area contributed by atoms with Crippen LogP contribution in [0.25, 0.3) is 22.3 Å². The molecule has 0 fully saturated rings. The molecule has 0 bridgehead atoms. The first-order chi connectivity index (χ1) is 10.1. The van der Waals surface area contributed by atoms with Gasteiger partial charge in [-0.05, 0) is 63.4 Å². The standard InChI is InChI=1S/C15H13Br2N3S/c1-3-18-15-12-8(2)5-4-6-10(12)19-14(20-15)9-7-11(16)21-13(9)17/h4-7H,3H2,1-2H3,(H,18,19,20). The molecule has 0 amide bonds. The van der Waals surface area contributed by atoms with Gasteiger partial charge in [0.05, 0.1) is 13.1 Å². The zero-order valence-electron chi connectivity index (χ0n) is 11.6. The highest BCUT2D eigenvalue weighted by atomic mass is 79.9. The molecule has 0 radical (unpaired) electrons. The van der Waals surface area contributed by atoms with Gasteiger partial charge in [0, 0.05) is 17.5 Å². The summed E-state index contributed by atoms with van der Waals surface area (Å²) in [5.41, 5.74) is 3.15. The monoisotopic (exact) mass is 425 g/mol. The van der Waals surface area contributed by atoms with Crippen LogP contribution in [-0.2, 0) is 0 Å². The van der Waals surface area contributed by atoms with Gasteiger partial charge in [-0.25, -0.2) is 9.97 Å². The Morgan fingerprint density at radius 1 is 1.24 bits per heavy atom. The molecule has 0 saturated carbocycles. The number of anilines is 1. The summed E-state index contributed by atoms with van der Waals surface area (Å²) in [4.78, 5) is 9.46. The van der Waals surface area contributed by atoms with E-state index in [4.69, 9.17) is 9.97 Å². The summed E-state index contributed by atoms with van der Waals surface area (Å²) in [6, 6.07) is 8.19. The summed E-state index contributed by atoms with van der Waals surface area (Å²) in [7, 11) is 0. The molecule has 1 N–H and O–H groups in total. The Morgan fingerprint density at radius 2 is 2.05 bits per heavy atom. The minimum atomic E-state index is 0.734. The molecular weight excluding hydrogens is 414 g/mol. The van der Waals surface area contributed by atoms with Crippen molar-refractivity contribution in [2.75, 3.05) is 11.9 Å². The average molecular weight is 427 g/mol. The van der Waals surface area contributed by atoms with Crippen molar-refractivity contribution in [3.63, 3.8) is 0 Å². The average Bonchev–Trinajstić information content (AvgIpc) is 2.78. The number of rotatable bonds is 3. The van der Waals surface area contributed by atoms with E-state index < -0.39 is 0 Å². The summed E-state index contributed by atoms with van der Waals surface area (Å²) in [5, 5.41) is 4.44. The largest absolute Gasteiger partial charge is 0.370 e. The number of benzene rings is 1. The Hall–Kier alpha value is -0.980. The Kier molecular flexibility index (Phi) is 4.28. The number of fused-ring (bicyclic) bond motifs is 1. The lowest BCUT2D eigenvalue weighted by Gasteiger charge is -2.11. The summed E-state index contributed by atoms with van der Waals surface area (Å²) in [6.45, 7) is 4.99. The minimum absolute atomic E-state index is 0.734. The van der Waals surface area contributed by atoms with E-state index in [2.05, 4.69) is 57.1 Å². The molecule has 3 nitrogen and oxygen atoms in total. The van der Waals surface area contributed by atoms with Crippen LogP contribution in [0.15, 0.2) is 31.8 Å². The molecule has 0 aliphatic rings. The van der Waals surface area contributed by atoms with Gasteiger partial charge in [-0.1, -0.05) is 12.1 Å². The third kappa shape index (κ3) is 2.84. The maximum Gasteiger partial charge on any atom is 0.164 e. The van der Waals surface area contributed by atoms with Crippen LogP contribution in [-0.4, -0.2) is 16.5 Å². The highest BCUT2D eigenvalue weighted by Crippen LogP contribution is 2.38. The Balaban J connectivity index is 2.28.